The number of nitrogens with zero attached hydrogens (tertiary/aromatic N) is 1. The van der Waals surface area contributed by atoms with Gasteiger partial charge in [-0.05, 0) is 69.9 Å². The van der Waals surface area contributed by atoms with Crippen molar-refractivity contribution in [2.75, 3.05) is 27.2 Å². The fourth-order valence-corrected chi connectivity index (χ4v) is 3.52. The van der Waals surface area contributed by atoms with E-state index in [9.17, 15) is 13.2 Å². The minimum atomic E-state index is -4.32. The van der Waals surface area contributed by atoms with Crippen LogP contribution >= 0.6 is 11.8 Å². The topological polar surface area (TPSA) is 15.3 Å². The Bertz CT molecular complexity index is 687. The fraction of sp³-hybridized carbons (Fsp3) is 0.400. The summed E-state index contributed by atoms with van der Waals surface area (Å²) in [5, 5.41) is 3.43. The Kier molecular flexibility index (Phi) is 8.00. The van der Waals surface area contributed by atoms with E-state index in [1.54, 1.807) is 6.07 Å². The van der Waals surface area contributed by atoms with E-state index in [0.717, 1.165) is 42.5 Å². The molecule has 0 spiro atoms. The van der Waals surface area contributed by atoms with E-state index in [1.165, 1.54) is 23.9 Å². The van der Waals surface area contributed by atoms with Crippen LogP contribution in [-0.4, -0.2) is 32.1 Å². The van der Waals surface area contributed by atoms with E-state index >= 15 is 0 Å². The van der Waals surface area contributed by atoms with Gasteiger partial charge in [-0.2, -0.15) is 13.2 Å². The van der Waals surface area contributed by atoms with Gasteiger partial charge in [-0.3, -0.25) is 0 Å². The zero-order chi connectivity index (χ0) is 19.0. The van der Waals surface area contributed by atoms with Gasteiger partial charge in [0.2, 0.25) is 0 Å². The third-order valence-electron chi connectivity index (χ3n) is 3.89. The van der Waals surface area contributed by atoms with Gasteiger partial charge in [0, 0.05) is 16.3 Å². The van der Waals surface area contributed by atoms with Crippen molar-refractivity contribution < 1.29 is 13.2 Å². The molecule has 6 heteroatoms. The molecule has 0 saturated heterocycles. The molecule has 0 aromatic heterocycles. The summed E-state index contributed by atoms with van der Waals surface area (Å²) in [6.45, 7) is 2.71. The smallest absolute Gasteiger partial charge is 0.313 e. The molecule has 0 fully saturated rings. The van der Waals surface area contributed by atoms with Crippen LogP contribution in [0.4, 0.5) is 13.2 Å². The van der Waals surface area contributed by atoms with Crippen LogP contribution in [-0.2, 0) is 12.7 Å². The molecule has 0 aliphatic heterocycles. The Morgan fingerprint density at radius 3 is 2.50 bits per heavy atom. The van der Waals surface area contributed by atoms with Crippen molar-refractivity contribution in [3.63, 3.8) is 0 Å². The minimum absolute atomic E-state index is 0.596. The average molecular weight is 382 g/mol. The minimum Gasteiger partial charge on any atom is -0.313 e. The zero-order valence-corrected chi connectivity index (χ0v) is 16.0. The first-order valence-electron chi connectivity index (χ1n) is 8.65. The number of nitrogens with one attached hydrogen (secondary N) is 1. The Hall–Kier alpha value is -1.50. The van der Waals surface area contributed by atoms with Crippen LogP contribution in [0.1, 0.15) is 24.0 Å². The first-order valence-corrected chi connectivity index (χ1v) is 9.46. The van der Waals surface area contributed by atoms with Crippen molar-refractivity contribution in [1.29, 1.82) is 0 Å². The first kappa shape index (κ1) is 20.8. The second kappa shape index (κ2) is 10.00. The number of alkyl halides is 3. The van der Waals surface area contributed by atoms with Crippen molar-refractivity contribution in [3.05, 3.63) is 59.7 Å². The molecule has 2 nitrogen and oxygen atoms in total. The fourth-order valence-electron chi connectivity index (χ4n) is 2.51. The molecule has 0 heterocycles. The number of hydrogen-bond donors (Lipinski definition) is 1. The molecule has 142 valence electrons. The Balaban J connectivity index is 1.94. The molecule has 0 atom stereocenters. The Morgan fingerprint density at radius 1 is 1.00 bits per heavy atom. The molecule has 0 amide bonds. The van der Waals surface area contributed by atoms with Gasteiger partial charge in [-0.1, -0.05) is 36.0 Å². The van der Waals surface area contributed by atoms with Crippen LogP contribution in [0.3, 0.4) is 0 Å². The molecule has 2 aromatic carbocycles. The second-order valence-corrected chi connectivity index (χ2v) is 7.54. The molecule has 26 heavy (non-hydrogen) atoms. The lowest BCUT2D eigenvalue weighted by Crippen LogP contribution is -2.18. The van der Waals surface area contributed by atoms with E-state index in [2.05, 4.69) is 24.3 Å². The zero-order valence-electron chi connectivity index (χ0n) is 15.1. The van der Waals surface area contributed by atoms with Crippen molar-refractivity contribution >= 4 is 11.8 Å². The summed E-state index contributed by atoms with van der Waals surface area (Å²) in [6.07, 6.45) is -2.08. The molecular weight excluding hydrogens is 357 g/mol. The first-order chi connectivity index (χ1) is 12.4. The highest BCUT2D eigenvalue weighted by molar-refractivity contribution is 7.99. The van der Waals surface area contributed by atoms with Crippen LogP contribution in [0.25, 0.3) is 0 Å². The molecule has 0 radical (unpaired) electrons. The molecule has 2 rings (SSSR count). The van der Waals surface area contributed by atoms with Crippen LogP contribution < -0.4 is 5.32 Å². The van der Waals surface area contributed by atoms with Gasteiger partial charge in [-0.25, -0.2) is 0 Å². The van der Waals surface area contributed by atoms with Gasteiger partial charge < -0.3 is 10.2 Å². The molecule has 0 unspecified atom stereocenters. The second-order valence-electron chi connectivity index (χ2n) is 6.42. The van der Waals surface area contributed by atoms with Crippen molar-refractivity contribution in [2.45, 2.75) is 35.4 Å². The summed E-state index contributed by atoms with van der Waals surface area (Å²) in [6, 6.07) is 13.3. The summed E-state index contributed by atoms with van der Waals surface area (Å²) >= 11 is 1.37. The number of hydrogen-bond acceptors (Lipinski definition) is 3. The maximum absolute atomic E-state index is 12.9. The standard InChI is InChI=1S/C20H25F3N2S/c1-25(2)13-6-5-12-24-15-16-8-3-4-11-19(16)26-18-10-7-9-17(14-18)20(21,22)23/h3-4,7-11,14,24H,5-6,12-13,15H2,1-2H3. The van der Waals surface area contributed by atoms with Crippen molar-refractivity contribution in [3.8, 4) is 0 Å². The SMILES string of the molecule is CN(C)CCCCNCc1ccccc1Sc1cccc(C(F)(F)F)c1. The van der Waals surface area contributed by atoms with Crippen LogP contribution in [0.5, 0.6) is 0 Å². The van der Waals surface area contributed by atoms with Gasteiger partial charge in [-0.15, -0.1) is 0 Å². The highest BCUT2D eigenvalue weighted by atomic mass is 32.2. The summed E-state index contributed by atoms with van der Waals surface area (Å²) in [5.74, 6) is 0. The monoisotopic (exact) mass is 382 g/mol. The lowest BCUT2D eigenvalue weighted by Gasteiger charge is -2.12. The van der Waals surface area contributed by atoms with Crippen molar-refractivity contribution in [2.24, 2.45) is 0 Å². The largest absolute Gasteiger partial charge is 0.416 e. The normalized spacial score (nSPS) is 11.9. The lowest BCUT2D eigenvalue weighted by molar-refractivity contribution is -0.137. The molecular formula is C20H25F3N2S. The summed E-state index contributed by atoms with van der Waals surface area (Å²) in [7, 11) is 4.13. The predicted molar refractivity (Wildman–Crippen MR) is 102 cm³/mol. The molecule has 0 bridgehead atoms. The third kappa shape index (κ3) is 7.02. The van der Waals surface area contributed by atoms with Gasteiger partial charge in [0.1, 0.15) is 0 Å². The number of halogens is 3. The average Bonchev–Trinajstić information content (AvgIpc) is 2.58. The van der Waals surface area contributed by atoms with E-state index < -0.39 is 11.7 Å². The summed E-state index contributed by atoms with van der Waals surface area (Å²) in [4.78, 5) is 3.74. The van der Waals surface area contributed by atoms with E-state index in [0.29, 0.717) is 11.4 Å². The summed E-state index contributed by atoms with van der Waals surface area (Å²) in [5.41, 5.74) is 0.488. The quantitative estimate of drug-likeness (QED) is 0.594. The highest BCUT2D eigenvalue weighted by Gasteiger charge is 2.30. The molecule has 0 saturated carbocycles. The number of unbranched alkanes of at least 4 members (excludes halogenated alkanes) is 1. The Morgan fingerprint density at radius 2 is 1.77 bits per heavy atom. The highest BCUT2D eigenvalue weighted by Crippen LogP contribution is 2.35. The molecule has 1 N–H and O–H groups in total. The van der Waals surface area contributed by atoms with Gasteiger partial charge in [0.15, 0.2) is 0 Å². The lowest BCUT2D eigenvalue weighted by atomic mass is 10.2. The van der Waals surface area contributed by atoms with Crippen LogP contribution in [0.2, 0.25) is 0 Å². The Labute approximate surface area is 157 Å². The van der Waals surface area contributed by atoms with Gasteiger partial charge in [0.05, 0.1) is 5.56 Å². The number of rotatable bonds is 9. The maximum Gasteiger partial charge on any atom is 0.416 e. The van der Waals surface area contributed by atoms with E-state index in [-0.39, 0.29) is 0 Å². The summed E-state index contributed by atoms with van der Waals surface area (Å²) < 4.78 is 38.6. The number of benzene rings is 2. The van der Waals surface area contributed by atoms with Gasteiger partial charge >= 0.3 is 6.18 Å². The van der Waals surface area contributed by atoms with Crippen LogP contribution in [0.15, 0.2) is 58.3 Å². The predicted octanol–water partition coefficient (Wildman–Crippen LogP) is 5.29. The maximum atomic E-state index is 12.9. The van der Waals surface area contributed by atoms with Crippen molar-refractivity contribution in [1.82, 2.24) is 10.2 Å². The molecule has 0 aliphatic carbocycles. The molecule has 0 aliphatic rings. The third-order valence-corrected chi connectivity index (χ3v) is 4.99. The van der Waals surface area contributed by atoms with E-state index in [1.807, 2.05) is 24.3 Å². The van der Waals surface area contributed by atoms with Gasteiger partial charge in [0.25, 0.3) is 0 Å². The van der Waals surface area contributed by atoms with Crippen LogP contribution in [0, 0.1) is 0 Å². The molecule has 2 aromatic rings. The van der Waals surface area contributed by atoms with E-state index in [4.69, 9.17) is 0 Å².